The van der Waals surface area contributed by atoms with Gasteiger partial charge < -0.3 is 14.2 Å². The van der Waals surface area contributed by atoms with Crippen molar-refractivity contribution in [3.05, 3.63) is 66.0 Å². The minimum atomic E-state index is -1.22. The molecule has 2 unspecified atom stereocenters. The highest BCUT2D eigenvalue weighted by Gasteiger charge is 2.44. The van der Waals surface area contributed by atoms with Crippen molar-refractivity contribution in [1.29, 1.82) is 0 Å². The van der Waals surface area contributed by atoms with Gasteiger partial charge in [-0.1, -0.05) is 36.4 Å². The summed E-state index contributed by atoms with van der Waals surface area (Å²) < 4.78 is 16.3. The van der Waals surface area contributed by atoms with Gasteiger partial charge in [0.15, 0.2) is 5.92 Å². The van der Waals surface area contributed by atoms with Crippen LogP contribution in [0.3, 0.4) is 0 Å². The number of carbonyl (C=O) groups is 2. The third kappa shape index (κ3) is 5.39. The summed E-state index contributed by atoms with van der Waals surface area (Å²) in [6.07, 6.45) is 0.860. The topological polar surface area (TPSA) is 74.7 Å². The van der Waals surface area contributed by atoms with Crippen LogP contribution in [-0.2, 0) is 23.8 Å². The maximum atomic E-state index is 12.7. The van der Waals surface area contributed by atoms with Gasteiger partial charge in [0.2, 0.25) is 0 Å². The van der Waals surface area contributed by atoms with Crippen molar-refractivity contribution in [3.8, 4) is 0 Å². The van der Waals surface area contributed by atoms with E-state index in [1.807, 2.05) is 55.5 Å². The zero-order valence-electron chi connectivity index (χ0n) is 16.5. The van der Waals surface area contributed by atoms with Gasteiger partial charge in [0.1, 0.15) is 0 Å². The molecule has 0 N–H and O–H groups in total. The number of pyridine rings is 1. The molecular formula is C22H27NO5. The standard InChI is InChI=1S/C22H27NO5/c1-4-26-20(19(21(24)27-5-2)22(25)28-6-3)18(16-12-8-7-9-13-16)17-14-10-11-15-23-17/h7-15,18-20H,4-6H2,1-3H3. The Balaban J connectivity index is 2.57. The van der Waals surface area contributed by atoms with E-state index >= 15 is 0 Å². The number of aromatic nitrogens is 1. The van der Waals surface area contributed by atoms with Crippen LogP contribution < -0.4 is 0 Å². The normalized spacial score (nSPS) is 13.0. The highest BCUT2D eigenvalue weighted by molar-refractivity contribution is 5.96. The van der Waals surface area contributed by atoms with E-state index in [2.05, 4.69) is 4.98 Å². The summed E-state index contributed by atoms with van der Waals surface area (Å²) in [6, 6.07) is 15.1. The molecule has 0 saturated carbocycles. The van der Waals surface area contributed by atoms with Gasteiger partial charge in [-0.25, -0.2) is 0 Å². The molecule has 0 radical (unpaired) electrons. The van der Waals surface area contributed by atoms with E-state index < -0.39 is 29.9 Å². The molecule has 1 aromatic carbocycles. The Morgan fingerprint density at radius 2 is 1.46 bits per heavy atom. The van der Waals surface area contributed by atoms with Gasteiger partial charge in [-0.3, -0.25) is 14.6 Å². The van der Waals surface area contributed by atoms with Crippen LogP contribution in [0.15, 0.2) is 54.7 Å². The van der Waals surface area contributed by atoms with E-state index in [-0.39, 0.29) is 13.2 Å². The van der Waals surface area contributed by atoms with Gasteiger partial charge in [0.05, 0.1) is 30.9 Å². The molecule has 1 aromatic heterocycles. The highest BCUT2D eigenvalue weighted by Crippen LogP contribution is 2.33. The fourth-order valence-electron chi connectivity index (χ4n) is 3.15. The first-order valence-corrected chi connectivity index (χ1v) is 9.54. The second-order valence-electron chi connectivity index (χ2n) is 6.04. The van der Waals surface area contributed by atoms with Crippen molar-refractivity contribution in [2.24, 2.45) is 5.92 Å². The van der Waals surface area contributed by atoms with E-state index in [0.717, 1.165) is 5.56 Å². The molecule has 150 valence electrons. The Kier molecular flexibility index (Phi) is 8.62. The van der Waals surface area contributed by atoms with Crippen LogP contribution in [0, 0.1) is 5.92 Å². The third-order valence-corrected chi connectivity index (χ3v) is 4.26. The van der Waals surface area contributed by atoms with Crippen LogP contribution in [0.1, 0.15) is 37.9 Å². The van der Waals surface area contributed by atoms with Crippen molar-refractivity contribution in [2.45, 2.75) is 32.8 Å². The molecule has 2 atom stereocenters. The van der Waals surface area contributed by atoms with Crippen molar-refractivity contribution < 1.29 is 23.8 Å². The monoisotopic (exact) mass is 385 g/mol. The summed E-state index contributed by atoms with van der Waals surface area (Å²) >= 11 is 0. The van der Waals surface area contributed by atoms with Gasteiger partial charge in [0, 0.05) is 12.8 Å². The summed E-state index contributed by atoms with van der Waals surface area (Å²) in [5, 5.41) is 0. The number of nitrogens with zero attached hydrogens (tertiary/aromatic N) is 1. The summed E-state index contributed by atoms with van der Waals surface area (Å²) in [5.74, 6) is -2.97. The molecule has 2 aromatic rings. The number of hydrogen-bond acceptors (Lipinski definition) is 6. The molecule has 2 rings (SSSR count). The van der Waals surface area contributed by atoms with Crippen LogP contribution in [0.4, 0.5) is 0 Å². The second-order valence-corrected chi connectivity index (χ2v) is 6.04. The Morgan fingerprint density at radius 1 is 0.857 bits per heavy atom. The van der Waals surface area contributed by atoms with Crippen LogP contribution in [0.2, 0.25) is 0 Å². The molecule has 6 heteroatoms. The lowest BCUT2D eigenvalue weighted by molar-refractivity contribution is -0.169. The Morgan fingerprint density at radius 3 is 1.96 bits per heavy atom. The lowest BCUT2D eigenvalue weighted by Crippen LogP contribution is -2.43. The smallest absolute Gasteiger partial charge is 0.323 e. The van der Waals surface area contributed by atoms with Gasteiger partial charge in [-0.15, -0.1) is 0 Å². The number of esters is 2. The van der Waals surface area contributed by atoms with Crippen molar-refractivity contribution >= 4 is 11.9 Å². The number of rotatable bonds is 10. The Labute approximate surface area is 165 Å². The van der Waals surface area contributed by atoms with E-state index in [1.54, 1.807) is 20.0 Å². The van der Waals surface area contributed by atoms with Crippen LogP contribution in [0.5, 0.6) is 0 Å². The summed E-state index contributed by atoms with van der Waals surface area (Å²) in [6.45, 7) is 5.85. The zero-order chi connectivity index (χ0) is 20.4. The predicted octanol–water partition coefficient (Wildman–Crippen LogP) is 3.36. The molecule has 0 aliphatic rings. The van der Waals surface area contributed by atoms with Crippen LogP contribution in [0.25, 0.3) is 0 Å². The summed E-state index contributed by atoms with van der Waals surface area (Å²) in [7, 11) is 0. The molecule has 1 heterocycles. The van der Waals surface area contributed by atoms with Gasteiger partial charge in [-0.2, -0.15) is 0 Å². The molecule has 0 fully saturated rings. The van der Waals surface area contributed by atoms with Gasteiger partial charge in [-0.05, 0) is 38.5 Å². The average Bonchev–Trinajstić information content (AvgIpc) is 2.70. The number of ether oxygens (including phenoxy) is 3. The number of benzene rings is 1. The first-order valence-electron chi connectivity index (χ1n) is 9.54. The van der Waals surface area contributed by atoms with Gasteiger partial charge >= 0.3 is 11.9 Å². The summed E-state index contributed by atoms with van der Waals surface area (Å²) in [4.78, 5) is 29.9. The van der Waals surface area contributed by atoms with Crippen molar-refractivity contribution in [3.63, 3.8) is 0 Å². The third-order valence-electron chi connectivity index (χ3n) is 4.26. The fraction of sp³-hybridized carbons (Fsp3) is 0.409. The molecule has 0 spiro atoms. The Bertz CT molecular complexity index is 678. The molecule has 0 bridgehead atoms. The SMILES string of the molecule is CCOC(=O)C(C(=O)OCC)C(OCC)C(c1ccccc1)c1ccccn1. The maximum Gasteiger partial charge on any atom is 0.323 e. The molecule has 28 heavy (non-hydrogen) atoms. The van der Waals surface area contributed by atoms with Crippen molar-refractivity contribution in [2.75, 3.05) is 19.8 Å². The minimum Gasteiger partial charge on any atom is -0.465 e. The van der Waals surface area contributed by atoms with Crippen molar-refractivity contribution in [1.82, 2.24) is 4.98 Å². The van der Waals surface area contributed by atoms with E-state index in [0.29, 0.717) is 12.3 Å². The van der Waals surface area contributed by atoms with E-state index in [4.69, 9.17) is 14.2 Å². The highest BCUT2D eigenvalue weighted by atomic mass is 16.6. The van der Waals surface area contributed by atoms with Crippen LogP contribution in [-0.4, -0.2) is 42.8 Å². The lowest BCUT2D eigenvalue weighted by Gasteiger charge is -2.31. The molecular weight excluding hydrogens is 358 g/mol. The van der Waals surface area contributed by atoms with Crippen LogP contribution >= 0.6 is 0 Å². The molecule has 0 aliphatic heterocycles. The largest absolute Gasteiger partial charge is 0.465 e. The summed E-state index contributed by atoms with van der Waals surface area (Å²) in [5.41, 5.74) is 1.59. The number of hydrogen-bond donors (Lipinski definition) is 0. The molecule has 0 aliphatic carbocycles. The maximum absolute atomic E-state index is 12.7. The lowest BCUT2D eigenvalue weighted by atomic mass is 9.82. The Hall–Kier alpha value is -2.73. The zero-order valence-corrected chi connectivity index (χ0v) is 16.5. The quantitative estimate of drug-likeness (QED) is 0.461. The van der Waals surface area contributed by atoms with Gasteiger partial charge in [0.25, 0.3) is 0 Å². The second kappa shape index (κ2) is 11.2. The van der Waals surface area contributed by atoms with E-state index in [1.165, 1.54) is 0 Å². The fourth-order valence-corrected chi connectivity index (χ4v) is 3.15. The molecule has 0 amide bonds. The minimum absolute atomic E-state index is 0.160. The molecule has 0 saturated heterocycles. The van der Waals surface area contributed by atoms with E-state index in [9.17, 15) is 9.59 Å². The average molecular weight is 385 g/mol. The molecule has 6 nitrogen and oxygen atoms in total. The first-order chi connectivity index (χ1) is 13.6. The first kappa shape index (κ1) is 21.6. The predicted molar refractivity (Wildman–Crippen MR) is 105 cm³/mol. The number of carbonyl (C=O) groups excluding carboxylic acids is 2.